The van der Waals surface area contributed by atoms with Crippen molar-refractivity contribution in [3.05, 3.63) is 0 Å². The van der Waals surface area contributed by atoms with Gasteiger partial charge in [0.05, 0.1) is 18.8 Å². The molecular formula is C26H44O5. The number of rotatable bonds is 6. The molecule has 4 aliphatic rings. The molecule has 4 aliphatic carbocycles. The molecule has 0 heterocycles. The highest BCUT2D eigenvalue weighted by atomic mass is 16.5. The second kappa shape index (κ2) is 8.95. The number of aliphatic hydroxyl groups excluding tert-OH is 3. The van der Waals surface area contributed by atoms with Gasteiger partial charge in [0.2, 0.25) is 0 Å². The van der Waals surface area contributed by atoms with Gasteiger partial charge in [-0.3, -0.25) is 4.79 Å². The maximum atomic E-state index is 11.9. The third kappa shape index (κ3) is 3.97. The van der Waals surface area contributed by atoms with Crippen molar-refractivity contribution in [2.75, 3.05) is 13.2 Å². The Morgan fingerprint density at radius 1 is 1.06 bits per heavy atom. The minimum atomic E-state index is -0.280. The zero-order chi connectivity index (χ0) is 22.4. The zero-order valence-corrected chi connectivity index (χ0v) is 19.8. The van der Waals surface area contributed by atoms with Crippen LogP contribution in [-0.2, 0) is 9.53 Å². The number of ether oxygens (including phenoxy) is 1. The SMILES string of the molecule is C[C@H](CCC(=O)OCCO)[C@H]1CC[C@H]2[C@@H]3CC[C@@H]4C[C@H](O)CC[C@]4(C)[C@H]3C[C@H](O)[C@]12C. The van der Waals surface area contributed by atoms with Crippen molar-refractivity contribution >= 4 is 5.97 Å². The summed E-state index contributed by atoms with van der Waals surface area (Å²) in [5.74, 6) is 3.04. The van der Waals surface area contributed by atoms with E-state index in [1.807, 2.05) is 0 Å². The van der Waals surface area contributed by atoms with Crippen LogP contribution in [0.2, 0.25) is 0 Å². The van der Waals surface area contributed by atoms with E-state index in [2.05, 4.69) is 20.8 Å². The first kappa shape index (κ1) is 23.5. The number of aliphatic hydroxyl groups is 3. The van der Waals surface area contributed by atoms with Gasteiger partial charge >= 0.3 is 5.97 Å². The molecule has 0 saturated heterocycles. The minimum Gasteiger partial charge on any atom is -0.463 e. The molecule has 0 amide bonds. The standard InChI is InChI=1S/C26H44O5/c1-16(4-9-24(30)31-13-12-27)20-7-8-21-19-6-5-17-14-18(28)10-11-25(17,2)22(19)15-23(29)26(20,21)3/h16-23,27-29H,4-15H2,1-3H3/t16-,17-,18-,19+,20-,21+,22+,23+,25+,26-/m1/s1. The van der Waals surface area contributed by atoms with Crippen molar-refractivity contribution in [1.29, 1.82) is 0 Å². The topological polar surface area (TPSA) is 87.0 Å². The highest BCUT2D eigenvalue weighted by molar-refractivity contribution is 5.69. The Morgan fingerprint density at radius 3 is 2.58 bits per heavy atom. The fourth-order valence-electron chi connectivity index (χ4n) is 8.94. The average Bonchev–Trinajstić information content (AvgIpc) is 3.10. The van der Waals surface area contributed by atoms with Crippen LogP contribution in [-0.4, -0.2) is 46.7 Å². The molecule has 10 atom stereocenters. The summed E-state index contributed by atoms with van der Waals surface area (Å²) in [4.78, 5) is 11.9. The predicted molar refractivity (Wildman–Crippen MR) is 119 cm³/mol. The fourth-order valence-corrected chi connectivity index (χ4v) is 8.94. The number of fused-ring (bicyclic) bond motifs is 5. The second-order valence-corrected chi connectivity index (χ2v) is 11.8. The van der Waals surface area contributed by atoms with Crippen molar-refractivity contribution < 1.29 is 24.9 Å². The molecular weight excluding hydrogens is 392 g/mol. The van der Waals surface area contributed by atoms with Gasteiger partial charge in [-0.2, -0.15) is 0 Å². The number of carbonyl (C=O) groups excluding carboxylic acids is 1. The summed E-state index contributed by atoms with van der Waals surface area (Å²) in [6.45, 7) is 7.00. The first-order valence-corrected chi connectivity index (χ1v) is 12.8. The molecule has 178 valence electrons. The van der Waals surface area contributed by atoms with Crippen molar-refractivity contribution in [3.63, 3.8) is 0 Å². The first-order valence-electron chi connectivity index (χ1n) is 12.8. The molecule has 0 aliphatic heterocycles. The third-order valence-corrected chi connectivity index (χ3v) is 10.7. The largest absolute Gasteiger partial charge is 0.463 e. The number of hydrogen-bond donors (Lipinski definition) is 3. The van der Waals surface area contributed by atoms with E-state index in [0.29, 0.717) is 41.9 Å². The van der Waals surface area contributed by atoms with Crippen LogP contribution in [0, 0.1) is 46.3 Å². The van der Waals surface area contributed by atoms with Gasteiger partial charge in [0.25, 0.3) is 0 Å². The van der Waals surface area contributed by atoms with E-state index in [4.69, 9.17) is 9.84 Å². The number of hydrogen-bond acceptors (Lipinski definition) is 5. The first-order chi connectivity index (χ1) is 14.7. The van der Waals surface area contributed by atoms with E-state index >= 15 is 0 Å². The summed E-state index contributed by atoms with van der Waals surface area (Å²) in [5.41, 5.74) is 0.206. The van der Waals surface area contributed by atoms with Gasteiger partial charge in [0.15, 0.2) is 0 Å². The van der Waals surface area contributed by atoms with Gasteiger partial charge in [-0.15, -0.1) is 0 Å². The van der Waals surface area contributed by atoms with E-state index in [0.717, 1.165) is 38.5 Å². The van der Waals surface area contributed by atoms with Crippen LogP contribution in [0.4, 0.5) is 0 Å². The molecule has 0 bridgehead atoms. The number of carbonyl (C=O) groups is 1. The molecule has 0 aromatic carbocycles. The van der Waals surface area contributed by atoms with Crippen LogP contribution in [0.3, 0.4) is 0 Å². The fraction of sp³-hybridized carbons (Fsp3) is 0.962. The molecule has 3 N–H and O–H groups in total. The van der Waals surface area contributed by atoms with Gasteiger partial charge in [-0.1, -0.05) is 20.8 Å². The second-order valence-electron chi connectivity index (χ2n) is 11.8. The highest BCUT2D eigenvalue weighted by Gasteiger charge is 2.63. The molecule has 4 saturated carbocycles. The normalized spacial score (nSPS) is 47.7. The van der Waals surface area contributed by atoms with E-state index in [1.165, 1.54) is 19.3 Å². The van der Waals surface area contributed by atoms with Crippen LogP contribution < -0.4 is 0 Å². The van der Waals surface area contributed by atoms with E-state index in [-0.39, 0.29) is 42.2 Å². The Bertz CT molecular complexity index is 652. The third-order valence-electron chi connectivity index (χ3n) is 10.7. The van der Waals surface area contributed by atoms with Crippen molar-refractivity contribution in [1.82, 2.24) is 0 Å². The van der Waals surface area contributed by atoms with Gasteiger partial charge < -0.3 is 20.1 Å². The lowest BCUT2D eigenvalue weighted by Crippen LogP contribution is -2.58. The zero-order valence-electron chi connectivity index (χ0n) is 19.8. The molecule has 5 heteroatoms. The molecule has 0 aromatic heterocycles. The summed E-state index contributed by atoms with van der Waals surface area (Å²) in [6, 6.07) is 0. The van der Waals surface area contributed by atoms with Crippen LogP contribution in [0.1, 0.15) is 85.0 Å². The molecule has 4 rings (SSSR count). The Hall–Kier alpha value is -0.650. The van der Waals surface area contributed by atoms with E-state index < -0.39 is 0 Å². The van der Waals surface area contributed by atoms with Crippen LogP contribution >= 0.6 is 0 Å². The maximum absolute atomic E-state index is 11.9. The minimum absolute atomic E-state index is 0.0625. The Morgan fingerprint density at radius 2 is 1.84 bits per heavy atom. The lowest BCUT2D eigenvalue weighted by atomic mass is 9.43. The van der Waals surface area contributed by atoms with Crippen LogP contribution in [0.5, 0.6) is 0 Å². The van der Waals surface area contributed by atoms with Gasteiger partial charge in [0.1, 0.15) is 6.61 Å². The van der Waals surface area contributed by atoms with Crippen molar-refractivity contribution in [3.8, 4) is 0 Å². The van der Waals surface area contributed by atoms with Crippen LogP contribution in [0.25, 0.3) is 0 Å². The Balaban J connectivity index is 1.47. The Kier molecular flexibility index (Phi) is 6.78. The monoisotopic (exact) mass is 436 g/mol. The summed E-state index contributed by atoms with van der Waals surface area (Å²) >= 11 is 0. The summed E-state index contributed by atoms with van der Waals surface area (Å²) in [6.07, 6.45) is 9.46. The van der Waals surface area contributed by atoms with Gasteiger partial charge in [-0.05, 0) is 104 Å². The summed E-state index contributed by atoms with van der Waals surface area (Å²) in [7, 11) is 0. The summed E-state index contributed by atoms with van der Waals surface area (Å²) in [5, 5.41) is 30.7. The van der Waals surface area contributed by atoms with E-state index in [1.54, 1.807) is 0 Å². The molecule has 0 unspecified atom stereocenters. The van der Waals surface area contributed by atoms with E-state index in [9.17, 15) is 15.0 Å². The van der Waals surface area contributed by atoms with Gasteiger partial charge in [0, 0.05) is 6.42 Å². The van der Waals surface area contributed by atoms with Crippen LogP contribution in [0.15, 0.2) is 0 Å². The van der Waals surface area contributed by atoms with Crippen molar-refractivity contribution in [2.24, 2.45) is 46.3 Å². The molecule has 31 heavy (non-hydrogen) atoms. The summed E-state index contributed by atoms with van der Waals surface area (Å²) < 4.78 is 5.04. The lowest BCUT2D eigenvalue weighted by molar-refractivity contribution is -0.175. The highest BCUT2D eigenvalue weighted by Crippen LogP contribution is 2.68. The predicted octanol–water partition coefficient (Wildman–Crippen LogP) is 3.93. The number of esters is 1. The molecule has 5 nitrogen and oxygen atoms in total. The molecule has 0 aromatic rings. The molecule has 0 spiro atoms. The molecule has 0 radical (unpaired) electrons. The van der Waals surface area contributed by atoms with Gasteiger partial charge in [-0.25, -0.2) is 0 Å². The average molecular weight is 437 g/mol. The maximum Gasteiger partial charge on any atom is 0.305 e. The molecule has 4 fully saturated rings. The Labute approximate surface area is 187 Å². The van der Waals surface area contributed by atoms with Crippen molar-refractivity contribution in [2.45, 2.75) is 97.2 Å². The lowest BCUT2D eigenvalue weighted by Gasteiger charge is -2.62. The smallest absolute Gasteiger partial charge is 0.305 e. The quantitative estimate of drug-likeness (QED) is 0.549.